The Labute approximate surface area is 155 Å². The maximum atomic E-state index is 13.0. The van der Waals surface area contributed by atoms with Crippen molar-refractivity contribution in [3.05, 3.63) is 58.1 Å². The van der Waals surface area contributed by atoms with E-state index >= 15 is 0 Å². The summed E-state index contributed by atoms with van der Waals surface area (Å²) in [5.74, 6) is 0.263. The van der Waals surface area contributed by atoms with Crippen LogP contribution in [0.4, 0.5) is 5.69 Å². The van der Waals surface area contributed by atoms with Gasteiger partial charge in [-0.05, 0) is 30.3 Å². The van der Waals surface area contributed by atoms with Crippen molar-refractivity contribution in [2.75, 3.05) is 26.3 Å². The number of hydrogen-bond donors (Lipinski definition) is 0. The zero-order valence-corrected chi connectivity index (χ0v) is 14.9. The lowest BCUT2D eigenvalue weighted by Gasteiger charge is -2.26. The number of benzene rings is 2. The van der Waals surface area contributed by atoms with E-state index in [4.69, 9.17) is 9.47 Å². The van der Waals surface area contributed by atoms with Gasteiger partial charge in [-0.1, -0.05) is 0 Å². The van der Waals surface area contributed by atoms with Crippen LogP contribution in [0.5, 0.6) is 11.5 Å². The van der Waals surface area contributed by atoms with Crippen LogP contribution in [0.25, 0.3) is 0 Å². The van der Waals surface area contributed by atoms with Crippen LogP contribution in [-0.2, 0) is 14.8 Å². The predicted octanol–water partition coefficient (Wildman–Crippen LogP) is 2.22. The molecule has 1 fully saturated rings. The van der Waals surface area contributed by atoms with Gasteiger partial charge in [0, 0.05) is 30.8 Å². The number of carbonyl (C=O) groups excluding carboxylic acids is 1. The van der Waals surface area contributed by atoms with Gasteiger partial charge in [0.15, 0.2) is 0 Å². The molecule has 0 saturated carbocycles. The molecule has 0 bridgehead atoms. The number of nitro groups is 1. The zero-order chi connectivity index (χ0) is 19.4. The number of sulfonamides is 1. The lowest BCUT2D eigenvalue weighted by molar-refractivity contribution is -0.385. The van der Waals surface area contributed by atoms with E-state index in [1.165, 1.54) is 40.7 Å². The first-order valence-electron chi connectivity index (χ1n) is 8.01. The molecule has 27 heavy (non-hydrogen) atoms. The summed E-state index contributed by atoms with van der Waals surface area (Å²) in [6, 6.07) is 9.47. The molecular formula is C17H16N2O7S. The first-order chi connectivity index (χ1) is 12.9. The molecule has 1 aliphatic rings. The van der Waals surface area contributed by atoms with Gasteiger partial charge < -0.3 is 9.47 Å². The van der Waals surface area contributed by atoms with Crippen LogP contribution in [0.2, 0.25) is 0 Å². The largest absolute Gasteiger partial charge is 0.456 e. The average Bonchev–Trinajstić information content (AvgIpc) is 2.69. The molecule has 0 aliphatic carbocycles. The quantitative estimate of drug-likeness (QED) is 0.420. The number of non-ortho nitro benzene ring substituents is 1. The van der Waals surface area contributed by atoms with Crippen LogP contribution >= 0.6 is 0 Å². The molecule has 3 rings (SSSR count). The summed E-state index contributed by atoms with van der Waals surface area (Å²) in [4.78, 5) is 20.9. The third-order valence-corrected chi connectivity index (χ3v) is 5.89. The van der Waals surface area contributed by atoms with Gasteiger partial charge in [0.25, 0.3) is 5.69 Å². The summed E-state index contributed by atoms with van der Waals surface area (Å²) in [6.07, 6.45) is 0.671. The molecule has 10 heteroatoms. The molecule has 0 unspecified atom stereocenters. The molecule has 2 aromatic carbocycles. The van der Waals surface area contributed by atoms with Crippen molar-refractivity contribution in [3.63, 3.8) is 0 Å². The molecular weight excluding hydrogens is 376 g/mol. The SMILES string of the molecule is O=Cc1ccc(Oc2ccc([N+](=O)[O-])cc2S(=O)(=O)N2CCOCC2)cc1. The highest BCUT2D eigenvalue weighted by atomic mass is 32.2. The van der Waals surface area contributed by atoms with Gasteiger partial charge in [-0.3, -0.25) is 14.9 Å². The summed E-state index contributed by atoms with van der Waals surface area (Å²) in [5, 5.41) is 11.1. The first kappa shape index (κ1) is 19.0. The molecule has 1 aliphatic heterocycles. The van der Waals surface area contributed by atoms with Crippen molar-refractivity contribution in [1.82, 2.24) is 4.31 Å². The highest BCUT2D eigenvalue weighted by molar-refractivity contribution is 7.89. The van der Waals surface area contributed by atoms with Crippen molar-refractivity contribution in [2.45, 2.75) is 4.90 Å². The summed E-state index contributed by atoms with van der Waals surface area (Å²) in [7, 11) is -4.01. The van der Waals surface area contributed by atoms with Crippen LogP contribution in [-0.4, -0.2) is 50.2 Å². The number of rotatable bonds is 6. The lowest BCUT2D eigenvalue weighted by Crippen LogP contribution is -2.40. The van der Waals surface area contributed by atoms with E-state index in [1.54, 1.807) is 0 Å². The predicted molar refractivity (Wildman–Crippen MR) is 94.6 cm³/mol. The zero-order valence-electron chi connectivity index (χ0n) is 14.1. The van der Waals surface area contributed by atoms with Crippen molar-refractivity contribution in [2.24, 2.45) is 0 Å². The molecule has 0 amide bonds. The number of ether oxygens (including phenoxy) is 2. The maximum Gasteiger partial charge on any atom is 0.271 e. The summed E-state index contributed by atoms with van der Waals surface area (Å²) in [5.41, 5.74) is 0.0812. The van der Waals surface area contributed by atoms with Gasteiger partial charge in [0.05, 0.1) is 18.1 Å². The molecule has 0 atom stereocenters. The van der Waals surface area contributed by atoms with Crippen LogP contribution in [0.3, 0.4) is 0 Å². The van der Waals surface area contributed by atoms with Crippen molar-refractivity contribution >= 4 is 22.0 Å². The molecule has 1 heterocycles. The fraction of sp³-hybridized carbons (Fsp3) is 0.235. The molecule has 142 valence electrons. The Balaban J connectivity index is 2.02. The Morgan fingerprint density at radius 2 is 1.78 bits per heavy atom. The second kappa shape index (κ2) is 7.82. The molecule has 2 aromatic rings. The van der Waals surface area contributed by atoms with Gasteiger partial charge in [0.1, 0.15) is 22.7 Å². The normalized spacial score (nSPS) is 15.3. The molecule has 0 radical (unpaired) electrons. The summed E-state index contributed by atoms with van der Waals surface area (Å²) < 4.78 is 38.0. The highest BCUT2D eigenvalue weighted by Gasteiger charge is 2.31. The fourth-order valence-corrected chi connectivity index (χ4v) is 4.11. The molecule has 0 aromatic heterocycles. The Morgan fingerprint density at radius 1 is 1.11 bits per heavy atom. The Morgan fingerprint density at radius 3 is 2.37 bits per heavy atom. The van der Waals surface area contributed by atoms with Gasteiger partial charge >= 0.3 is 0 Å². The van der Waals surface area contributed by atoms with Crippen LogP contribution in [0, 0.1) is 10.1 Å². The van der Waals surface area contributed by atoms with Crippen molar-refractivity contribution in [1.29, 1.82) is 0 Å². The van der Waals surface area contributed by atoms with E-state index in [-0.39, 0.29) is 42.6 Å². The second-order valence-corrected chi connectivity index (χ2v) is 7.60. The summed E-state index contributed by atoms with van der Waals surface area (Å²) >= 11 is 0. The minimum absolute atomic E-state index is 0.0362. The van der Waals surface area contributed by atoms with Crippen LogP contribution in [0.15, 0.2) is 47.4 Å². The van der Waals surface area contributed by atoms with Crippen LogP contribution in [0.1, 0.15) is 10.4 Å². The van der Waals surface area contributed by atoms with Gasteiger partial charge in [-0.2, -0.15) is 4.31 Å². The Hall–Kier alpha value is -2.82. The monoisotopic (exact) mass is 392 g/mol. The van der Waals surface area contributed by atoms with E-state index in [9.17, 15) is 23.3 Å². The topological polar surface area (TPSA) is 116 Å². The second-order valence-electron chi connectivity index (χ2n) is 5.69. The maximum absolute atomic E-state index is 13.0. The highest BCUT2D eigenvalue weighted by Crippen LogP contribution is 2.34. The Kier molecular flexibility index (Phi) is 5.49. The fourth-order valence-electron chi connectivity index (χ4n) is 2.56. The summed E-state index contributed by atoms with van der Waals surface area (Å²) in [6.45, 7) is 0.798. The lowest BCUT2D eigenvalue weighted by atomic mass is 10.2. The van der Waals surface area contributed by atoms with Gasteiger partial charge in [0.2, 0.25) is 10.0 Å². The number of aldehydes is 1. The number of nitrogens with zero attached hydrogens (tertiary/aromatic N) is 2. The molecule has 1 saturated heterocycles. The third kappa shape index (κ3) is 4.13. The van der Waals surface area contributed by atoms with E-state index < -0.39 is 14.9 Å². The molecule has 0 N–H and O–H groups in total. The van der Waals surface area contributed by atoms with Crippen molar-refractivity contribution in [3.8, 4) is 11.5 Å². The standard InChI is InChI=1S/C17H16N2O7S/c20-12-13-1-4-15(5-2-13)26-16-6-3-14(19(21)22)11-17(16)27(23,24)18-7-9-25-10-8-18/h1-6,11-12H,7-10H2. The number of nitro benzene ring substituents is 1. The minimum atomic E-state index is -4.01. The smallest absolute Gasteiger partial charge is 0.271 e. The first-order valence-corrected chi connectivity index (χ1v) is 9.45. The molecule has 0 spiro atoms. The molecule has 9 nitrogen and oxygen atoms in total. The van der Waals surface area contributed by atoms with Crippen molar-refractivity contribution < 1.29 is 27.6 Å². The number of morpholine rings is 1. The number of carbonyl (C=O) groups is 1. The van der Waals surface area contributed by atoms with E-state index in [0.29, 0.717) is 17.6 Å². The third-order valence-electron chi connectivity index (χ3n) is 3.97. The van der Waals surface area contributed by atoms with E-state index in [2.05, 4.69) is 0 Å². The Bertz CT molecular complexity index is 952. The van der Waals surface area contributed by atoms with Crippen LogP contribution < -0.4 is 4.74 Å². The van der Waals surface area contributed by atoms with E-state index in [0.717, 1.165) is 6.07 Å². The van der Waals surface area contributed by atoms with Gasteiger partial charge in [-0.15, -0.1) is 0 Å². The number of hydrogen-bond acceptors (Lipinski definition) is 7. The average molecular weight is 392 g/mol. The van der Waals surface area contributed by atoms with Gasteiger partial charge in [-0.25, -0.2) is 8.42 Å². The van der Waals surface area contributed by atoms with E-state index in [1.807, 2.05) is 0 Å². The minimum Gasteiger partial charge on any atom is -0.456 e.